The van der Waals surface area contributed by atoms with Crippen molar-refractivity contribution in [1.29, 1.82) is 0 Å². The van der Waals surface area contributed by atoms with Crippen LogP contribution in [0.1, 0.15) is 29.3 Å². The van der Waals surface area contributed by atoms with Crippen LogP contribution in [0.25, 0.3) is 0 Å². The predicted octanol–water partition coefficient (Wildman–Crippen LogP) is 3.03. The van der Waals surface area contributed by atoms with E-state index in [2.05, 4.69) is 6.92 Å². The quantitative estimate of drug-likeness (QED) is 0.593. The lowest BCUT2D eigenvalue weighted by Crippen LogP contribution is -2.27. The Balaban J connectivity index is 1.57. The number of carbonyl (C=O) groups is 3. The Bertz CT molecular complexity index is 799. The summed E-state index contributed by atoms with van der Waals surface area (Å²) in [5.41, 5.74) is 2.47. The van der Waals surface area contributed by atoms with Crippen LogP contribution in [0, 0.1) is 5.92 Å². The Kier molecular flexibility index (Phi) is 5.46. The number of nitrogens with zero attached hydrogens (tertiary/aromatic N) is 1. The number of hydrogen-bond donors (Lipinski definition) is 0. The minimum atomic E-state index is -0.545. The molecule has 0 aliphatic carbocycles. The number of carbonyl (C=O) groups excluding carboxylic acids is 3. The van der Waals surface area contributed by atoms with Crippen LogP contribution in [0.2, 0.25) is 0 Å². The normalized spacial score (nSPS) is 16.6. The van der Waals surface area contributed by atoms with E-state index in [-0.39, 0.29) is 31.3 Å². The molecule has 26 heavy (non-hydrogen) atoms. The summed E-state index contributed by atoms with van der Waals surface area (Å²) in [6, 6.07) is 16.4. The van der Waals surface area contributed by atoms with Crippen molar-refractivity contribution in [1.82, 2.24) is 0 Å². The molecule has 1 aliphatic rings. The Labute approximate surface area is 152 Å². The summed E-state index contributed by atoms with van der Waals surface area (Å²) < 4.78 is 5.14. The number of benzene rings is 2. The van der Waals surface area contributed by atoms with Gasteiger partial charge in [-0.3, -0.25) is 14.4 Å². The summed E-state index contributed by atoms with van der Waals surface area (Å²) in [5.74, 6) is -1.41. The lowest BCUT2D eigenvalue weighted by Gasteiger charge is -2.17. The maximum atomic E-state index is 12.3. The molecule has 0 saturated carbocycles. The fraction of sp³-hybridized carbons (Fsp3) is 0.286. The molecule has 0 bridgehead atoms. The molecule has 134 valence electrons. The highest BCUT2D eigenvalue weighted by Crippen LogP contribution is 2.26. The highest BCUT2D eigenvalue weighted by Gasteiger charge is 2.36. The molecule has 0 aromatic heterocycles. The first kappa shape index (κ1) is 17.9. The van der Waals surface area contributed by atoms with Gasteiger partial charge in [0.05, 0.1) is 5.92 Å². The molecule has 2 aromatic rings. The van der Waals surface area contributed by atoms with Crippen LogP contribution in [-0.4, -0.2) is 30.8 Å². The number of anilines is 1. The van der Waals surface area contributed by atoms with Crippen LogP contribution in [0.4, 0.5) is 5.69 Å². The summed E-state index contributed by atoms with van der Waals surface area (Å²) in [5, 5.41) is 0. The molecule has 5 heteroatoms. The van der Waals surface area contributed by atoms with Crippen LogP contribution in [0.15, 0.2) is 54.6 Å². The lowest BCUT2D eigenvalue weighted by atomic mass is 10.1. The summed E-state index contributed by atoms with van der Waals surface area (Å²) >= 11 is 0. The third-order valence-electron chi connectivity index (χ3n) is 4.56. The lowest BCUT2D eigenvalue weighted by molar-refractivity contribution is -0.147. The number of hydrogen-bond acceptors (Lipinski definition) is 4. The number of Topliss-reactive ketones (excluding diaryl/α,β-unsaturated/α-hetero) is 1. The predicted molar refractivity (Wildman–Crippen MR) is 98.0 cm³/mol. The van der Waals surface area contributed by atoms with Crippen molar-refractivity contribution in [3.63, 3.8) is 0 Å². The van der Waals surface area contributed by atoms with Crippen molar-refractivity contribution < 1.29 is 19.1 Å². The molecule has 1 fully saturated rings. The number of ketones is 1. The van der Waals surface area contributed by atoms with Crippen LogP contribution in [0.5, 0.6) is 0 Å². The number of amides is 1. The standard InChI is InChI=1S/C21H21NO4/c1-2-15-8-10-18(11-9-15)22-13-17(12-20(22)24)21(25)26-14-19(23)16-6-4-3-5-7-16/h3-11,17H,2,12-14H2,1H3. The van der Waals surface area contributed by atoms with Crippen molar-refractivity contribution in [2.45, 2.75) is 19.8 Å². The largest absolute Gasteiger partial charge is 0.457 e. The fourth-order valence-electron chi connectivity index (χ4n) is 2.99. The topological polar surface area (TPSA) is 63.7 Å². The van der Waals surface area contributed by atoms with Gasteiger partial charge in [-0.1, -0.05) is 49.4 Å². The average molecular weight is 351 g/mol. The number of ether oxygens (including phenoxy) is 1. The van der Waals surface area contributed by atoms with Gasteiger partial charge < -0.3 is 9.64 Å². The van der Waals surface area contributed by atoms with Crippen LogP contribution in [-0.2, 0) is 20.7 Å². The summed E-state index contributed by atoms with van der Waals surface area (Å²) in [6.45, 7) is 2.04. The molecule has 0 N–H and O–H groups in total. The fourth-order valence-corrected chi connectivity index (χ4v) is 2.99. The molecule has 1 atom stereocenters. The SMILES string of the molecule is CCc1ccc(N2CC(C(=O)OCC(=O)c3ccccc3)CC2=O)cc1. The van der Waals surface area contributed by atoms with Gasteiger partial charge in [0.2, 0.25) is 5.91 Å². The molecule has 1 aliphatic heterocycles. The van der Waals surface area contributed by atoms with Gasteiger partial charge in [-0.25, -0.2) is 0 Å². The zero-order valence-electron chi connectivity index (χ0n) is 14.7. The molecule has 1 unspecified atom stereocenters. The Morgan fingerprint density at radius 1 is 1.08 bits per heavy atom. The van der Waals surface area contributed by atoms with Crippen molar-refractivity contribution in [2.75, 3.05) is 18.1 Å². The van der Waals surface area contributed by atoms with Gasteiger partial charge in [-0.2, -0.15) is 0 Å². The Hall–Kier alpha value is -2.95. The molecular formula is C21H21NO4. The number of rotatable bonds is 6. The zero-order chi connectivity index (χ0) is 18.5. The van der Waals surface area contributed by atoms with E-state index in [0.717, 1.165) is 12.1 Å². The molecule has 2 aromatic carbocycles. The van der Waals surface area contributed by atoms with E-state index >= 15 is 0 Å². The third-order valence-corrected chi connectivity index (χ3v) is 4.56. The highest BCUT2D eigenvalue weighted by molar-refractivity contribution is 6.01. The van der Waals surface area contributed by atoms with Crippen LogP contribution >= 0.6 is 0 Å². The van der Waals surface area contributed by atoms with Crippen molar-refractivity contribution >= 4 is 23.3 Å². The molecule has 5 nitrogen and oxygen atoms in total. The molecule has 1 saturated heterocycles. The monoisotopic (exact) mass is 351 g/mol. The first-order valence-electron chi connectivity index (χ1n) is 8.72. The second kappa shape index (κ2) is 7.95. The minimum Gasteiger partial charge on any atom is -0.457 e. The molecular weight excluding hydrogens is 330 g/mol. The average Bonchev–Trinajstić information content (AvgIpc) is 3.08. The van der Waals surface area contributed by atoms with Gasteiger partial charge in [0.25, 0.3) is 0 Å². The van der Waals surface area contributed by atoms with E-state index in [1.807, 2.05) is 30.3 Å². The van der Waals surface area contributed by atoms with Crippen molar-refractivity contribution in [3.05, 3.63) is 65.7 Å². The molecule has 1 amide bonds. The smallest absolute Gasteiger partial charge is 0.311 e. The Morgan fingerprint density at radius 3 is 2.42 bits per heavy atom. The van der Waals surface area contributed by atoms with E-state index in [4.69, 9.17) is 4.74 Å². The first-order valence-corrected chi connectivity index (χ1v) is 8.72. The van der Waals surface area contributed by atoms with Gasteiger partial charge in [-0.05, 0) is 24.1 Å². The van der Waals surface area contributed by atoms with Crippen LogP contribution in [0.3, 0.4) is 0 Å². The zero-order valence-corrected chi connectivity index (χ0v) is 14.7. The van der Waals surface area contributed by atoms with E-state index in [1.54, 1.807) is 29.2 Å². The van der Waals surface area contributed by atoms with Gasteiger partial charge in [-0.15, -0.1) is 0 Å². The van der Waals surface area contributed by atoms with E-state index in [1.165, 1.54) is 5.56 Å². The van der Waals surface area contributed by atoms with Crippen LogP contribution < -0.4 is 4.90 Å². The molecule has 1 heterocycles. The second-order valence-electron chi connectivity index (χ2n) is 6.32. The van der Waals surface area contributed by atoms with E-state index < -0.39 is 11.9 Å². The van der Waals surface area contributed by atoms with Crippen molar-refractivity contribution in [3.8, 4) is 0 Å². The summed E-state index contributed by atoms with van der Waals surface area (Å²) in [7, 11) is 0. The van der Waals surface area contributed by atoms with Gasteiger partial charge in [0, 0.05) is 24.2 Å². The second-order valence-corrected chi connectivity index (χ2v) is 6.32. The summed E-state index contributed by atoms with van der Waals surface area (Å²) in [6.07, 6.45) is 1.03. The van der Waals surface area contributed by atoms with Gasteiger partial charge in [0.1, 0.15) is 0 Å². The molecule has 3 rings (SSSR count). The Morgan fingerprint density at radius 2 is 1.77 bits per heavy atom. The highest BCUT2D eigenvalue weighted by atomic mass is 16.5. The molecule has 0 spiro atoms. The number of esters is 1. The van der Waals surface area contributed by atoms with Gasteiger partial charge in [0.15, 0.2) is 12.4 Å². The maximum absolute atomic E-state index is 12.3. The summed E-state index contributed by atoms with van der Waals surface area (Å²) in [4.78, 5) is 38.1. The maximum Gasteiger partial charge on any atom is 0.311 e. The first-order chi connectivity index (χ1) is 12.6. The van der Waals surface area contributed by atoms with Gasteiger partial charge >= 0.3 is 5.97 Å². The molecule has 0 radical (unpaired) electrons. The minimum absolute atomic E-state index is 0.105. The number of aryl methyl sites for hydroxylation is 1. The van der Waals surface area contributed by atoms with Crippen molar-refractivity contribution in [2.24, 2.45) is 5.92 Å². The van der Waals surface area contributed by atoms with E-state index in [0.29, 0.717) is 5.56 Å². The third kappa shape index (κ3) is 3.99. The van der Waals surface area contributed by atoms with E-state index in [9.17, 15) is 14.4 Å².